The van der Waals surface area contributed by atoms with Crippen LogP contribution in [0.15, 0.2) is 81.9 Å². The van der Waals surface area contributed by atoms with Gasteiger partial charge in [-0.15, -0.1) is 0 Å². The van der Waals surface area contributed by atoms with Crippen LogP contribution in [0.1, 0.15) is 16.3 Å². The second-order valence-electron chi connectivity index (χ2n) is 5.09. The number of hydrogen-bond donors (Lipinski definition) is 0. The molecule has 0 N–H and O–H groups in total. The molecule has 0 aliphatic heterocycles. The highest BCUT2D eigenvalue weighted by atomic mass is 16.4. The molecule has 5 heteroatoms. The molecule has 0 bridgehead atoms. The fourth-order valence-electron chi connectivity index (χ4n) is 2.33. The van der Waals surface area contributed by atoms with E-state index in [-0.39, 0.29) is 17.3 Å². The largest absolute Gasteiger partial charge is 0.451 e. The number of hydrogen-bond acceptors (Lipinski definition) is 5. The minimum Gasteiger partial charge on any atom is -0.451 e. The highest BCUT2D eigenvalue weighted by molar-refractivity contribution is 6.05. The molecule has 0 aromatic carbocycles. The standard InChI is InChI=1S/C19H12N2O3/c22-19(17-9-7-15(23-17)13-5-1-3-11-20-13)18-10-8-16(24-18)14-6-2-4-12-21-14/h1-12H. The van der Waals surface area contributed by atoms with Gasteiger partial charge in [-0.1, -0.05) is 12.1 Å². The van der Waals surface area contributed by atoms with Gasteiger partial charge in [0.25, 0.3) is 5.78 Å². The van der Waals surface area contributed by atoms with Gasteiger partial charge in [0, 0.05) is 12.4 Å². The molecule has 0 saturated heterocycles. The summed E-state index contributed by atoms with van der Waals surface area (Å²) in [4.78, 5) is 20.9. The molecule has 116 valence electrons. The zero-order valence-electron chi connectivity index (χ0n) is 12.5. The number of carbonyl (C=O) groups excluding carboxylic acids is 1. The van der Waals surface area contributed by atoms with E-state index in [4.69, 9.17) is 8.83 Å². The number of aromatic nitrogens is 2. The van der Waals surface area contributed by atoms with E-state index in [1.54, 1.807) is 36.7 Å². The molecule has 0 saturated carbocycles. The third kappa shape index (κ3) is 2.63. The van der Waals surface area contributed by atoms with Crippen molar-refractivity contribution in [1.82, 2.24) is 9.97 Å². The fourth-order valence-corrected chi connectivity index (χ4v) is 2.33. The molecule has 0 atom stereocenters. The zero-order valence-corrected chi connectivity index (χ0v) is 12.5. The molecule has 0 amide bonds. The summed E-state index contributed by atoms with van der Waals surface area (Å²) in [6.07, 6.45) is 3.34. The SMILES string of the molecule is O=C(c1ccc(-c2ccccn2)o1)c1ccc(-c2ccccn2)o1. The van der Waals surface area contributed by atoms with Crippen molar-refractivity contribution in [3.05, 3.63) is 84.6 Å². The molecule has 0 unspecified atom stereocenters. The van der Waals surface area contributed by atoms with Crippen molar-refractivity contribution in [1.29, 1.82) is 0 Å². The van der Waals surface area contributed by atoms with E-state index in [1.165, 1.54) is 0 Å². The summed E-state index contributed by atoms with van der Waals surface area (Å²) in [6.45, 7) is 0. The summed E-state index contributed by atoms with van der Waals surface area (Å²) < 4.78 is 11.2. The maximum absolute atomic E-state index is 12.5. The van der Waals surface area contributed by atoms with Crippen LogP contribution in [0.2, 0.25) is 0 Å². The van der Waals surface area contributed by atoms with Gasteiger partial charge in [0.2, 0.25) is 0 Å². The summed E-state index contributed by atoms with van der Waals surface area (Å²) in [7, 11) is 0. The van der Waals surface area contributed by atoms with Crippen molar-refractivity contribution in [3.63, 3.8) is 0 Å². The highest BCUT2D eigenvalue weighted by Crippen LogP contribution is 2.24. The Morgan fingerprint density at radius 3 is 1.58 bits per heavy atom. The molecule has 0 spiro atoms. The maximum Gasteiger partial charge on any atom is 0.263 e. The normalized spacial score (nSPS) is 10.7. The van der Waals surface area contributed by atoms with Crippen molar-refractivity contribution in [2.75, 3.05) is 0 Å². The Balaban J connectivity index is 1.61. The molecule has 0 aliphatic rings. The van der Waals surface area contributed by atoms with E-state index in [9.17, 15) is 4.79 Å². The van der Waals surface area contributed by atoms with Crippen LogP contribution in [0, 0.1) is 0 Å². The summed E-state index contributed by atoms with van der Waals surface area (Å²) in [5.41, 5.74) is 1.34. The van der Waals surface area contributed by atoms with Gasteiger partial charge in [-0.2, -0.15) is 0 Å². The van der Waals surface area contributed by atoms with Gasteiger partial charge in [0.15, 0.2) is 23.0 Å². The molecule has 0 fully saturated rings. The Morgan fingerprint density at radius 1 is 0.667 bits per heavy atom. The fraction of sp³-hybridized carbons (Fsp3) is 0. The average molecular weight is 316 g/mol. The first-order chi connectivity index (χ1) is 11.8. The van der Waals surface area contributed by atoms with Crippen LogP contribution in [0.3, 0.4) is 0 Å². The number of ketones is 1. The number of pyridine rings is 2. The summed E-state index contributed by atoms with van der Waals surface area (Å²) in [6, 6.07) is 17.7. The predicted molar refractivity (Wildman–Crippen MR) is 87.3 cm³/mol. The quantitative estimate of drug-likeness (QED) is 0.527. The van der Waals surface area contributed by atoms with Crippen LogP contribution < -0.4 is 0 Å². The molecular formula is C19H12N2O3. The first kappa shape index (κ1) is 14.1. The van der Waals surface area contributed by atoms with Crippen molar-refractivity contribution >= 4 is 5.78 Å². The lowest BCUT2D eigenvalue weighted by Gasteiger charge is -1.96. The van der Waals surface area contributed by atoms with Crippen LogP contribution in [-0.4, -0.2) is 15.8 Å². The third-order valence-corrected chi connectivity index (χ3v) is 3.49. The van der Waals surface area contributed by atoms with Gasteiger partial charge in [0.05, 0.1) is 0 Å². The maximum atomic E-state index is 12.5. The Morgan fingerprint density at radius 2 is 1.17 bits per heavy atom. The van der Waals surface area contributed by atoms with Crippen LogP contribution in [0.4, 0.5) is 0 Å². The molecule has 0 radical (unpaired) electrons. The van der Waals surface area contributed by atoms with Crippen molar-refractivity contribution in [3.8, 4) is 22.9 Å². The van der Waals surface area contributed by atoms with E-state index in [0.29, 0.717) is 22.9 Å². The minimum absolute atomic E-state index is 0.206. The van der Waals surface area contributed by atoms with Crippen LogP contribution in [0.5, 0.6) is 0 Å². The first-order valence-corrected chi connectivity index (χ1v) is 7.38. The van der Waals surface area contributed by atoms with E-state index in [0.717, 1.165) is 0 Å². The molecule has 4 rings (SSSR count). The van der Waals surface area contributed by atoms with Gasteiger partial charge in [-0.3, -0.25) is 14.8 Å². The number of furan rings is 2. The van der Waals surface area contributed by atoms with Crippen molar-refractivity contribution < 1.29 is 13.6 Å². The van der Waals surface area contributed by atoms with Crippen molar-refractivity contribution in [2.45, 2.75) is 0 Å². The Bertz CT molecular complexity index is 892. The summed E-state index contributed by atoms with van der Waals surface area (Å²) in [5.74, 6) is 1.17. The first-order valence-electron chi connectivity index (χ1n) is 7.38. The Labute approximate surface area is 137 Å². The zero-order chi connectivity index (χ0) is 16.4. The van der Waals surface area contributed by atoms with Gasteiger partial charge < -0.3 is 8.83 Å². The lowest BCUT2D eigenvalue weighted by molar-refractivity contribution is 0.0984. The second kappa shape index (κ2) is 5.96. The molecule has 0 aliphatic carbocycles. The average Bonchev–Trinajstić information content (AvgIpc) is 3.33. The molecule has 4 aromatic heterocycles. The van der Waals surface area contributed by atoms with E-state index in [2.05, 4.69) is 9.97 Å². The van der Waals surface area contributed by atoms with E-state index < -0.39 is 0 Å². The predicted octanol–water partition coefficient (Wildman–Crippen LogP) is 4.23. The third-order valence-electron chi connectivity index (χ3n) is 3.49. The lowest BCUT2D eigenvalue weighted by Crippen LogP contribution is -1.97. The Hall–Kier alpha value is -3.47. The molecule has 5 nitrogen and oxygen atoms in total. The lowest BCUT2D eigenvalue weighted by atomic mass is 10.2. The second-order valence-corrected chi connectivity index (χ2v) is 5.09. The molecule has 24 heavy (non-hydrogen) atoms. The Kier molecular flexibility index (Phi) is 3.51. The highest BCUT2D eigenvalue weighted by Gasteiger charge is 2.19. The van der Waals surface area contributed by atoms with Gasteiger partial charge >= 0.3 is 0 Å². The van der Waals surface area contributed by atoms with Crippen LogP contribution >= 0.6 is 0 Å². The molecular weight excluding hydrogens is 304 g/mol. The van der Waals surface area contributed by atoms with Gasteiger partial charge in [-0.05, 0) is 48.5 Å². The molecule has 4 aromatic rings. The van der Waals surface area contributed by atoms with Gasteiger partial charge in [0.1, 0.15) is 11.4 Å². The van der Waals surface area contributed by atoms with Crippen LogP contribution in [0.25, 0.3) is 22.9 Å². The number of rotatable bonds is 4. The monoisotopic (exact) mass is 316 g/mol. The smallest absolute Gasteiger partial charge is 0.263 e. The van der Waals surface area contributed by atoms with Crippen LogP contribution in [-0.2, 0) is 0 Å². The minimum atomic E-state index is -0.320. The topological polar surface area (TPSA) is 69.1 Å². The summed E-state index contributed by atoms with van der Waals surface area (Å²) >= 11 is 0. The molecule has 4 heterocycles. The number of carbonyl (C=O) groups is 1. The van der Waals surface area contributed by atoms with E-state index >= 15 is 0 Å². The van der Waals surface area contributed by atoms with Crippen molar-refractivity contribution in [2.24, 2.45) is 0 Å². The van der Waals surface area contributed by atoms with E-state index in [1.807, 2.05) is 36.4 Å². The number of nitrogens with zero attached hydrogens (tertiary/aromatic N) is 2. The van der Waals surface area contributed by atoms with Gasteiger partial charge in [-0.25, -0.2) is 0 Å². The summed E-state index contributed by atoms with van der Waals surface area (Å²) in [5, 5.41) is 0.